The van der Waals surface area contributed by atoms with Crippen molar-refractivity contribution in [1.29, 1.82) is 0 Å². The van der Waals surface area contributed by atoms with E-state index in [9.17, 15) is 0 Å². The van der Waals surface area contributed by atoms with Gasteiger partial charge in [0.25, 0.3) is 0 Å². The van der Waals surface area contributed by atoms with Gasteiger partial charge in [-0.25, -0.2) is 0 Å². The van der Waals surface area contributed by atoms with Crippen molar-refractivity contribution in [2.45, 2.75) is 77.7 Å². The third-order valence-corrected chi connectivity index (χ3v) is 27.4. The predicted octanol–water partition coefficient (Wildman–Crippen LogP) is 23.1. The highest BCUT2D eigenvalue weighted by molar-refractivity contribution is 8.02. The largest absolute Gasteiger partial charge is 0.310 e. The van der Waals surface area contributed by atoms with E-state index in [0.717, 1.165) is 68.2 Å². The zero-order chi connectivity index (χ0) is 70.5. The summed E-state index contributed by atoms with van der Waals surface area (Å²) in [5.74, 6) is 0. The summed E-state index contributed by atoms with van der Waals surface area (Å²) in [4.78, 5) is 20.3. The summed E-state index contributed by atoms with van der Waals surface area (Å²) in [6.45, 7) is 9.69. The zero-order valence-corrected chi connectivity index (χ0v) is 62.2. The van der Waals surface area contributed by atoms with Gasteiger partial charge in [-0.2, -0.15) is 0 Å². The summed E-state index contributed by atoms with van der Waals surface area (Å²) in [6.07, 6.45) is 0. The van der Waals surface area contributed by atoms with Crippen LogP contribution in [-0.2, 0) is 10.8 Å². The molecule has 0 saturated heterocycles. The molecule has 502 valence electrons. The van der Waals surface area contributed by atoms with Crippen molar-refractivity contribution in [2.24, 2.45) is 0 Å². The summed E-state index contributed by atoms with van der Waals surface area (Å²) >= 11 is 7.90. The SMILES string of the molecule is CC1(C)c2cc(N(c3ccccc3)c3ccccc3)ccc2-c2c1ccc1c2Sc2cc(N(c3ccccc3)c3ccccc3)cc3c2B1c1cc2c(cc1S3)Sc1cc(N(c3ccccc3)c3ccccc3)cc3c1B2c1ccc2c(c1S3)-c1ccc(N(c3ccccc3)c3ccccc3)cc1C2(C)C. The fourth-order valence-electron chi connectivity index (χ4n) is 17.9. The molecule has 106 heavy (non-hydrogen) atoms. The fourth-order valence-corrected chi connectivity index (χ4v) is 23.3. The number of fused-ring (bicyclic) bond motifs is 16. The number of anilines is 12. The van der Waals surface area contributed by atoms with Gasteiger partial charge in [-0.1, -0.05) is 285 Å². The quantitative estimate of drug-likeness (QED) is 0.111. The van der Waals surface area contributed by atoms with Crippen LogP contribution in [0.1, 0.15) is 49.9 Å². The van der Waals surface area contributed by atoms with Crippen LogP contribution >= 0.6 is 47.0 Å². The van der Waals surface area contributed by atoms with Crippen molar-refractivity contribution in [1.82, 2.24) is 0 Å². The van der Waals surface area contributed by atoms with Gasteiger partial charge in [-0.15, -0.1) is 0 Å². The van der Waals surface area contributed by atoms with Gasteiger partial charge in [0.15, 0.2) is 0 Å². The Hall–Kier alpha value is -11.0. The number of para-hydroxylation sites is 8. The summed E-state index contributed by atoms with van der Waals surface area (Å²) in [6, 6.07) is 127. The fraction of sp³-hybridized carbons (Fsp3) is 0.0625. The van der Waals surface area contributed by atoms with E-state index in [4.69, 9.17) is 0 Å². The van der Waals surface area contributed by atoms with Gasteiger partial charge in [0.1, 0.15) is 0 Å². The molecular formula is C96H68B2N4S4. The molecule has 4 nitrogen and oxygen atoms in total. The van der Waals surface area contributed by atoms with Gasteiger partial charge >= 0.3 is 0 Å². The molecular weight excluding hydrogens is 1360 g/mol. The van der Waals surface area contributed by atoms with Crippen LogP contribution in [0.2, 0.25) is 0 Å². The Balaban J connectivity index is 0.778. The molecule has 0 amide bonds. The van der Waals surface area contributed by atoms with Crippen LogP contribution in [0, 0.1) is 0 Å². The molecule has 0 bridgehead atoms. The molecule has 0 spiro atoms. The van der Waals surface area contributed by atoms with Crippen molar-refractivity contribution < 1.29 is 0 Å². The van der Waals surface area contributed by atoms with Gasteiger partial charge in [-0.3, -0.25) is 0 Å². The van der Waals surface area contributed by atoms with E-state index in [1.807, 2.05) is 47.0 Å². The van der Waals surface area contributed by atoms with Crippen LogP contribution in [0.15, 0.2) is 379 Å². The van der Waals surface area contributed by atoms with Gasteiger partial charge in [0.05, 0.1) is 0 Å². The lowest BCUT2D eigenvalue weighted by Crippen LogP contribution is -2.62. The Bertz CT molecular complexity index is 5520. The van der Waals surface area contributed by atoms with Crippen molar-refractivity contribution in [3.05, 3.63) is 362 Å². The maximum absolute atomic E-state index is 2.71. The molecule has 0 fully saturated rings. The van der Waals surface area contributed by atoms with Crippen molar-refractivity contribution in [2.75, 3.05) is 19.6 Å². The monoisotopic (exact) mass is 1430 g/mol. The molecule has 0 N–H and O–H groups in total. The Kier molecular flexibility index (Phi) is 14.9. The predicted molar refractivity (Wildman–Crippen MR) is 452 cm³/mol. The highest BCUT2D eigenvalue weighted by Crippen LogP contribution is 2.59. The molecule has 6 aliphatic rings. The highest BCUT2D eigenvalue weighted by atomic mass is 32.2. The van der Waals surface area contributed by atoms with E-state index in [1.54, 1.807) is 0 Å². The molecule has 10 heteroatoms. The maximum Gasteiger partial charge on any atom is 0.247 e. The van der Waals surface area contributed by atoms with Crippen molar-refractivity contribution in [3.63, 3.8) is 0 Å². The Labute approximate surface area is 638 Å². The molecule has 0 radical (unpaired) electrons. The van der Waals surface area contributed by atoms with Crippen LogP contribution in [0.4, 0.5) is 68.2 Å². The third-order valence-electron chi connectivity index (χ3n) is 22.8. The van der Waals surface area contributed by atoms with E-state index in [1.165, 1.54) is 116 Å². The summed E-state index contributed by atoms with van der Waals surface area (Å²) in [5.41, 5.74) is 32.1. The molecule has 2 aliphatic carbocycles. The minimum absolute atomic E-state index is 0.0497. The minimum atomic E-state index is -0.296. The number of hydrogen-bond donors (Lipinski definition) is 0. The second kappa shape index (κ2) is 24.8. The van der Waals surface area contributed by atoms with E-state index < -0.39 is 0 Å². The second-order valence-electron chi connectivity index (χ2n) is 29.5. The number of nitrogens with zero attached hydrogens (tertiary/aromatic N) is 4. The normalized spacial score (nSPS) is 14.2. The van der Waals surface area contributed by atoms with Crippen LogP contribution in [0.25, 0.3) is 22.3 Å². The van der Waals surface area contributed by atoms with E-state index in [-0.39, 0.29) is 24.3 Å². The van der Waals surface area contributed by atoms with E-state index in [2.05, 4.69) is 387 Å². The average molecular weight is 1430 g/mol. The van der Waals surface area contributed by atoms with Crippen LogP contribution in [0.5, 0.6) is 0 Å². The summed E-state index contributed by atoms with van der Waals surface area (Å²) < 4.78 is 0. The Morgan fingerprint density at radius 2 is 0.491 bits per heavy atom. The van der Waals surface area contributed by atoms with Gasteiger partial charge < -0.3 is 19.6 Å². The number of benzene rings is 15. The molecule has 0 unspecified atom stereocenters. The molecule has 21 rings (SSSR count). The van der Waals surface area contributed by atoms with Gasteiger partial charge in [0, 0.05) is 118 Å². The van der Waals surface area contributed by atoms with Crippen LogP contribution in [-0.4, -0.2) is 13.4 Å². The van der Waals surface area contributed by atoms with Crippen molar-refractivity contribution in [3.8, 4) is 22.3 Å². The van der Waals surface area contributed by atoms with Gasteiger partial charge in [-0.05, 0) is 207 Å². The Morgan fingerprint density at radius 3 is 0.783 bits per heavy atom. The third kappa shape index (κ3) is 9.98. The smallest absolute Gasteiger partial charge is 0.247 e. The van der Waals surface area contributed by atoms with E-state index in [0.29, 0.717) is 0 Å². The molecule has 4 aliphatic heterocycles. The molecule has 15 aromatic carbocycles. The zero-order valence-electron chi connectivity index (χ0n) is 58.9. The first kappa shape index (κ1) is 63.5. The molecule has 4 heterocycles. The topological polar surface area (TPSA) is 13.0 Å². The molecule has 0 atom stereocenters. The average Bonchev–Trinajstić information content (AvgIpc) is 1.03. The molecule has 0 saturated carbocycles. The van der Waals surface area contributed by atoms with Crippen LogP contribution in [0.3, 0.4) is 0 Å². The lowest BCUT2D eigenvalue weighted by molar-refractivity contribution is 0.659. The number of hydrogen-bond acceptors (Lipinski definition) is 8. The lowest BCUT2D eigenvalue weighted by Gasteiger charge is -2.39. The summed E-state index contributed by atoms with van der Waals surface area (Å²) in [5, 5.41) is 0. The highest BCUT2D eigenvalue weighted by Gasteiger charge is 2.49. The van der Waals surface area contributed by atoms with Crippen molar-refractivity contribution >= 4 is 161 Å². The first-order valence-electron chi connectivity index (χ1n) is 36.6. The summed E-state index contributed by atoms with van der Waals surface area (Å²) in [7, 11) is 0. The van der Waals surface area contributed by atoms with E-state index >= 15 is 0 Å². The molecule has 0 aromatic heterocycles. The lowest BCUT2D eigenvalue weighted by atomic mass is 9.33. The number of rotatable bonds is 12. The molecule has 15 aromatic rings. The van der Waals surface area contributed by atoms with Gasteiger partial charge in [0.2, 0.25) is 13.4 Å². The van der Waals surface area contributed by atoms with Crippen LogP contribution < -0.4 is 52.4 Å². The second-order valence-corrected chi connectivity index (χ2v) is 33.7. The minimum Gasteiger partial charge on any atom is -0.310 e. The first-order chi connectivity index (χ1) is 52.1. The Morgan fingerprint density at radius 1 is 0.217 bits per heavy atom. The standard InChI is InChI=1S/C96H68B2N4S4/c1-95(2)75-49-51-79-93(89(75)73-47-45-69(53-77(73)95)99(61-29-13-5-14-30-61)62-31-15-6-16-32-62)105-87-57-71(101(65-37-21-9-22-38-65)66-39-23-10-24-40-66)55-85-91(87)97(79)81-59-82-84(60-83(81)103-85)104-86-56-72(102(67-41-25-11-26-42-67)68-43-27-12-28-44-68)58-88-92(86)98(82)80-52-50-76-90(94(80)106-88)74-48-46-70(54-78(74)96(76,3)4)100(63-33-17-7-18-34-63)64-35-19-8-20-36-64/h5-60H,1-4H3. The first-order valence-corrected chi connectivity index (χ1v) is 39.9. The maximum atomic E-state index is 2.71.